The van der Waals surface area contributed by atoms with Crippen molar-refractivity contribution in [3.05, 3.63) is 0 Å². The first-order valence-corrected chi connectivity index (χ1v) is 14.6. The van der Waals surface area contributed by atoms with Crippen LogP contribution in [0.3, 0.4) is 0 Å². The van der Waals surface area contributed by atoms with Gasteiger partial charge in [-0.1, -0.05) is 87.0 Å². The molecular formula is C31H58O5. The Hall–Kier alpha value is -1.36. The lowest BCUT2D eigenvalue weighted by molar-refractivity contribution is -0.150. The lowest BCUT2D eigenvalue weighted by Crippen LogP contribution is -2.54. The van der Waals surface area contributed by atoms with Gasteiger partial charge in [-0.05, 0) is 63.7 Å². The normalized spacial score (nSPS) is 24.5. The molecular weight excluding hydrogens is 452 g/mol. The summed E-state index contributed by atoms with van der Waals surface area (Å²) in [7, 11) is 0. The highest BCUT2D eigenvalue weighted by molar-refractivity contribution is 6.37. The molecule has 0 aliphatic heterocycles. The second kappa shape index (κ2) is 19.7. The number of carbonyl (C=O) groups is 4. The van der Waals surface area contributed by atoms with Gasteiger partial charge in [0.25, 0.3) is 0 Å². The van der Waals surface area contributed by atoms with Crippen LogP contribution in [0.4, 0.5) is 0 Å². The molecule has 6 atom stereocenters. The van der Waals surface area contributed by atoms with Crippen LogP contribution in [0.25, 0.3) is 0 Å². The maximum Gasteiger partial charge on any atom is 0.201 e. The van der Waals surface area contributed by atoms with E-state index in [9.17, 15) is 24.3 Å². The first kappa shape index (κ1) is 36.8. The van der Waals surface area contributed by atoms with Gasteiger partial charge in [-0.2, -0.15) is 0 Å². The Bertz CT molecular complexity index is 631. The molecule has 1 N–H and O–H groups in total. The monoisotopic (exact) mass is 510 g/mol. The first-order chi connectivity index (χ1) is 16.9. The van der Waals surface area contributed by atoms with Crippen molar-refractivity contribution < 1.29 is 24.3 Å². The van der Waals surface area contributed by atoms with E-state index in [0.29, 0.717) is 24.2 Å². The summed E-state index contributed by atoms with van der Waals surface area (Å²) in [5.41, 5.74) is -0.521. The zero-order valence-electron chi connectivity index (χ0n) is 25.2. The van der Waals surface area contributed by atoms with Crippen molar-refractivity contribution in [3.8, 4) is 0 Å². The third-order valence-corrected chi connectivity index (χ3v) is 7.57. The fraction of sp³-hybridized carbons (Fsp3) is 0.871. The molecule has 2 fully saturated rings. The predicted octanol–water partition coefficient (Wildman–Crippen LogP) is 7.41. The topological polar surface area (TPSA) is 88.5 Å². The SMILES string of the molecule is CC.CC(C)=O.CCC(=O)C(=O)C(CC1CC1)C(C)CC.CCCCC(C=O)C1C[C@@](C)(O)C1CC. The fourth-order valence-corrected chi connectivity index (χ4v) is 5.06. The fourth-order valence-electron chi connectivity index (χ4n) is 5.06. The van der Waals surface area contributed by atoms with Gasteiger partial charge in [0.2, 0.25) is 5.78 Å². The summed E-state index contributed by atoms with van der Waals surface area (Å²) in [6.07, 6.45) is 10.9. The standard InChI is InChI=1S/C13H22O2.C13H24O2.C3H6O.C2H6/c1-4-9(3)11(8-10-6-7-10)13(15)12(14)5-2;1-4-6-7-10(9-14)11-8-13(3,15)12(11)5-2;1-3(2)4;1-2/h9-11H,4-8H2,1-3H3;9-12,15H,4-8H2,1-3H3;1-2H3;1-2H3/t;10?,11?,12?,13-;;/m.1../s1. The van der Waals surface area contributed by atoms with E-state index in [2.05, 4.69) is 27.7 Å². The van der Waals surface area contributed by atoms with Gasteiger partial charge in [-0.15, -0.1) is 0 Å². The number of carbonyl (C=O) groups excluding carboxylic acids is 4. The van der Waals surface area contributed by atoms with Crippen LogP contribution >= 0.6 is 0 Å². The highest BCUT2D eigenvalue weighted by atomic mass is 16.3. The molecule has 5 unspecified atom stereocenters. The minimum Gasteiger partial charge on any atom is -0.390 e. The summed E-state index contributed by atoms with van der Waals surface area (Å²) in [5.74, 6) is 1.87. The van der Waals surface area contributed by atoms with Crippen LogP contribution in [-0.4, -0.2) is 34.3 Å². The van der Waals surface area contributed by atoms with E-state index in [1.165, 1.54) is 26.7 Å². The number of unbranched alkanes of at least 4 members (excludes halogenated alkanes) is 1. The second-order valence-corrected chi connectivity index (χ2v) is 10.9. The Kier molecular flexibility index (Phi) is 20.1. The number of aliphatic hydroxyl groups is 1. The predicted molar refractivity (Wildman–Crippen MR) is 150 cm³/mol. The number of ketones is 3. The molecule has 2 aliphatic rings. The Balaban J connectivity index is 0. The van der Waals surface area contributed by atoms with Gasteiger partial charge in [0.15, 0.2) is 5.78 Å². The molecule has 212 valence electrons. The van der Waals surface area contributed by atoms with Crippen molar-refractivity contribution in [1.29, 1.82) is 0 Å². The molecule has 2 saturated carbocycles. The lowest BCUT2D eigenvalue weighted by Gasteiger charge is -2.52. The first-order valence-electron chi connectivity index (χ1n) is 14.6. The van der Waals surface area contributed by atoms with Crippen LogP contribution in [0.2, 0.25) is 0 Å². The third-order valence-electron chi connectivity index (χ3n) is 7.57. The Morgan fingerprint density at radius 2 is 1.58 bits per heavy atom. The molecule has 0 spiro atoms. The average Bonchev–Trinajstić information content (AvgIpc) is 3.66. The molecule has 0 bridgehead atoms. The molecule has 0 amide bonds. The minimum absolute atomic E-state index is 0.00468. The number of Topliss-reactive ketones (excluding diaryl/α,β-unsaturated/α-hetero) is 3. The molecule has 5 heteroatoms. The molecule has 0 saturated heterocycles. The molecule has 36 heavy (non-hydrogen) atoms. The lowest BCUT2D eigenvalue weighted by atomic mass is 9.56. The van der Waals surface area contributed by atoms with Crippen LogP contribution in [0.1, 0.15) is 133 Å². The summed E-state index contributed by atoms with van der Waals surface area (Å²) in [4.78, 5) is 43.8. The second-order valence-electron chi connectivity index (χ2n) is 10.9. The summed E-state index contributed by atoms with van der Waals surface area (Å²) in [5, 5.41) is 10.00. The molecule has 0 aromatic rings. The van der Waals surface area contributed by atoms with Gasteiger partial charge in [0.1, 0.15) is 12.1 Å². The Morgan fingerprint density at radius 1 is 1.06 bits per heavy atom. The number of rotatable bonds is 13. The van der Waals surface area contributed by atoms with Crippen molar-refractivity contribution in [2.75, 3.05) is 0 Å². The van der Waals surface area contributed by atoms with Crippen molar-refractivity contribution in [3.63, 3.8) is 0 Å². The average molecular weight is 511 g/mol. The van der Waals surface area contributed by atoms with E-state index in [1.807, 2.05) is 20.8 Å². The molecule has 2 aliphatic carbocycles. The van der Waals surface area contributed by atoms with Crippen LogP contribution < -0.4 is 0 Å². The Morgan fingerprint density at radius 3 is 1.92 bits per heavy atom. The van der Waals surface area contributed by atoms with Crippen molar-refractivity contribution in [2.45, 2.75) is 139 Å². The number of hydrogen-bond acceptors (Lipinski definition) is 5. The van der Waals surface area contributed by atoms with E-state index >= 15 is 0 Å². The molecule has 2 rings (SSSR count). The van der Waals surface area contributed by atoms with E-state index in [0.717, 1.165) is 57.1 Å². The van der Waals surface area contributed by atoms with Crippen LogP contribution in [-0.2, 0) is 19.2 Å². The summed E-state index contributed by atoms with van der Waals surface area (Å²) in [6.45, 7) is 19.2. The van der Waals surface area contributed by atoms with Crippen LogP contribution in [0.15, 0.2) is 0 Å². The van der Waals surface area contributed by atoms with Crippen molar-refractivity contribution in [1.82, 2.24) is 0 Å². The smallest absolute Gasteiger partial charge is 0.201 e. The van der Waals surface area contributed by atoms with E-state index < -0.39 is 5.60 Å². The van der Waals surface area contributed by atoms with Crippen molar-refractivity contribution >= 4 is 23.6 Å². The molecule has 0 radical (unpaired) electrons. The quantitative estimate of drug-likeness (QED) is 0.206. The highest BCUT2D eigenvalue weighted by Gasteiger charge is 2.50. The zero-order valence-corrected chi connectivity index (χ0v) is 25.2. The number of aldehydes is 1. The maximum absolute atomic E-state index is 11.9. The zero-order chi connectivity index (χ0) is 28.5. The van der Waals surface area contributed by atoms with Crippen LogP contribution in [0, 0.1) is 35.5 Å². The van der Waals surface area contributed by atoms with Gasteiger partial charge < -0.3 is 14.7 Å². The molecule has 5 nitrogen and oxygen atoms in total. The molecule has 0 heterocycles. The number of hydrogen-bond donors (Lipinski definition) is 1. The molecule has 0 aromatic heterocycles. The Labute approximate surface area is 222 Å². The summed E-state index contributed by atoms with van der Waals surface area (Å²) >= 11 is 0. The summed E-state index contributed by atoms with van der Waals surface area (Å²) in [6, 6.07) is 0. The highest BCUT2D eigenvalue weighted by Crippen LogP contribution is 2.49. The van der Waals surface area contributed by atoms with Crippen LogP contribution in [0.5, 0.6) is 0 Å². The van der Waals surface area contributed by atoms with Gasteiger partial charge in [-0.3, -0.25) is 9.59 Å². The van der Waals surface area contributed by atoms with E-state index in [-0.39, 0.29) is 29.2 Å². The van der Waals surface area contributed by atoms with Gasteiger partial charge in [0, 0.05) is 18.3 Å². The van der Waals surface area contributed by atoms with E-state index in [1.54, 1.807) is 6.92 Å². The van der Waals surface area contributed by atoms with Gasteiger partial charge in [-0.25, -0.2) is 0 Å². The van der Waals surface area contributed by atoms with Crippen molar-refractivity contribution in [2.24, 2.45) is 35.5 Å². The third kappa shape index (κ3) is 13.8. The van der Waals surface area contributed by atoms with Gasteiger partial charge in [0.05, 0.1) is 5.60 Å². The van der Waals surface area contributed by atoms with E-state index in [4.69, 9.17) is 0 Å². The minimum atomic E-state index is -0.521. The summed E-state index contributed by atoms with van der Waals surface area (Å²) < 4.78 is 0. The largest absolute Gasteiger partial charge is 0.390 e. The molecule has 0 aromatic carbocycles. The maximum atomic E-state index is 11.9. The van der Waals surface area contributed by atoms with Gasteiger partial charge >= 0.3 is 0 Å².